The van der Waals surface area contributed by atoms with Crippen molar-refractivity contribution in [1.29, 1.82) is 0 Å². The van der Waals surface area contributed by atoms with E-state index in [1.807, 2.05) is 35.2 Å². The van der Waals surface area contributed by atoms with Gasteiger partial charge in [-0.15, -0.1) is 0 Å². The van der Waals surface area contributed by atoms with Crippen LogP contribution in [0.2, 0.25) is 0 Å². The van der Waals surface area contributed by atoms with Gasteiger partial charge in [0.15, 0.2) is 0 Å². The first-order valence-corrected chi connectivity index (χ1v) is 9.99. The number of hydrogen-bond acceptors (Lipinski definition) is 0. The number of nitrogens with zero attached hydrogens (tertiary/aromatic N) is 2. The summed E-state index contributed by atoms with van der Waals surface area (Å²) in [5.41, 5.74) is 0.875. The first-order valence-electron chi connectivity index (χ1n) is 9.99. The van der Waals surface area contributed by atoms with Crippen LogP contribution in [0.15, 0.2) is 30.3 Å². The molecule has 0 atom stereocenters. The molecule has 2 nitrogen and oxygen atoms in total. The fourth-order valence-corrected chi connectivity index (χ4v) is 4.22. The molecule has 1 aliphatic rings. The van der Waals surface area contributed by atoms with Crippen molar-refractivity contribution in [3.8, 4) is 0 Å². The van der Waals surface area contributed by atoms with Crippen molar-refractivity contribution in [2.45, 2.75) is 74.4 Å². The molecule has 1 aliphatic carbocycles. The molecule has 166 valence electrons. The maximum Gasteiger partial charge on any atom is 4.00 e. The number of hydrogen-bond donors (Lipinski definition) is 0. The Balaban J connectivity index is -0.000000200. The molecule has 0 aliphatic heterocycles. The minimum Gasteiger partial charge on any atom is -0.464 e. The molecule has 29 heavy (non-hydrogen) atoms. The van der Waals surface area contributed by atoms with Crippen molar-refractivity contribution >= 4 is 5.84 Å². The van der Waals surface area contributed by atoms with Gasteiger partial charge in [-0.2, -0.15) is 0 Å². The molecule has 0 N–H and O–H groups in total. The van der Waals surface area contributed by atoms with E-state index in [4.69, 9.17) is 0 Å². The molecular formula is C26H48N2Ti. The van der Waals surface area contributed by atoms with Crippen LogP contribution in [0.25, 0.3) is 5.41 Å². The van der Waals surface area contributed by atoms with Gasteiger partial charge in [0.2, 0.25) is 0 Å². The van der Waals surface area contributed by atoms with E-state index in [1.165, 1.54) is 0 Å². The normalized spacial score (nSPS) is 24.7. The third-order valence-electron chi connectivity index (χ3n) is 6.54. The monoisotopic (exact) mass is 436 g/mol. The van der Waals surface area contributed by atoms with E-state index >= 15 is 0 Å². The minimum atomic E-state index is 0. The summed E-state index contributed by atoms with van der Waals surface area (Å²) in [6.07, 6.45) is 0. The molecule has 0 amide bonds. The predicted molar refractivity (Wildman–Crippen MR) is 131 cm³/mol. The summed E-state index contributed by atoms with van der Waals surface area (Å²) >= 11 is 0. The second-order valence-electron chi connectivity index (χ2n) is 8.58. The number of benzene rings is 1. The smallest absolute Gasteiger partial charge is 0.464 e. The first kappa shape index (κ1) is 35.8. The molecule has 0 unspecified atom stereocenters. The Morgan fingerprint density at radius 3 is 1.21 bits per heavy atom. The van der Waals surface area contributed by atoms with E-state index in [-0.39, 0.29) is 44.0 Å². The average molecular weight is 437 g/mol. The van der Waals surface area contributed by atoms with Crippen LogP contribution in [0.1, 0.15) is 67.9 Å². The number of amidine groups is 1. The Hall–Kier alpha value is -0.596. The van der Waals surface area contributed by atoms with Crippen LogP contribution in [-0.4, -0.2) is 22.8 Å². The zero-order valence-corrected chi connectivity index (χ0v) is 22.9. The topological polar surface area (TPSA) is 25.5 Å². The van der Waals surface area contributed by atoms with E-state index in [2.05, 4.69) is 62.3 Å². The van der Waals surface area contributed by atoms with Crippen molar-refractivity contribution in [2.24, 2.45) is 29.6 Å². The Morgan fingerprint density at radius 1 is 0.690 bits per heavy atom. The van der Waals surface area contributed by atoms with Gasteiger partial charge in [-0.3, -0.25) is 0 Å². The van der Waals surface area contributed by atoms with Gasteiger partial charge >= 0.3 is 21.7 Å². The summed E-state index contributed by atoms with van der Waals surface area (Å²) in [6.45, 7) is 20.3. The average Bonchev–Trinajstić information content (AvgIpc) is 2.73. The SMILES string of the molecule is CC(C)N(C(=[N-])c1ccccc1)C(C)C.CC1C(C)C(C)C(C)C1C.[CH3-].[CH3-].[CH3-].[Ti+4]. The van der Waals surface area contributed by atoms with Crippen LogP contribution in [0, 0.1) is 51.9 Å². The summed E-state index contributed by atoms with van der Waals surface area (Å²) in [5.74, 6) is 5.04. The zero-order chi connectivity index (χ0) is 19.3. The molecule has 0 spiro atoms. The van der Waals surface area contributed by atoms with E-state index in [0.717, 1.165) is 35.2 Å². The van der Waals surface area contributed by atoms with Crippen LogP contribution in [0.4, 0.5) is 0 Å². The van der Waals surface area contributed by atoms with E-state index < -0.39 is 0 Å². The molecule has 0 bridgehead atoms. The summed E-state index contributed by atoms with van der Waals surface area (Å²) in [7, 11) is 0. The van der Waals surface area contributed by atoms with Crippen molar-refractivity contribution in [1.82, 2.24) is 4.90 Å². The van der Waals surface area contributed by atoms with Gasteiger partial charge < -0.3 is 32.6 Å². The second kappa shape index (κ2) is 16.1. The quantitative estimate of drug-likeness (QED) is 0.207. The fourth-order valence-electron chi connectivity index (χ4n) is 4.22. The van der Waals surface area contributed by atoms with Crippen molar-refractivity contribution < 1.29 is 21.7 Å². The third kappa shape index (κ3) is 9.39. The molecule has 1 saturated carbocycles. The summed E-state index contributed by atoms with van der Waals surface area (Å²) < 4.78 is 0. The van der Waals surface area contributed by atoms with Gasteiger partial charge in [-0.1, -0.05) is 98.5 Å². The minimum absolute atomic E-state index is 0. The summed E-state index contributed by atoms with van der Waals surface area (Å²) in [5, 5.41) is 10.2. The molecule has 0 aromatic heterocycles. The van der Waals surface area contributed by atoms with Crippen LogP contribution in [0.5, 0.6) is 0 Å². The Kier molecular flexibility index (Phi) is 19.9. The molecule has 1 fully saturated rings. The van der Waals surface area contributed by atoms with Gasteiger partial charge in [0.25, 0.3) is 0 Å². The number of rotatable bonds is 3. The summed E-state index contributed by atoms with van der Waals surface area (Å²) in [6, 6.07) is 10.3. The fraction of sp³-hybridized carbons (Fsp3) is 0.615. The first-order chi connectivity index (χ1) is 11.6. The molecule has 1 aromatic rings. The maximum absolute atomic E-state index is 10.2. The largest absolute Gasteiger partial charge is 4.00 e. The van der Waals surface area contributed by atoms with E-state index in [1.54, 1.807) is 0 Å². The Labute approximate surface area is 199 Å². The zero-order valence-electron chi connectivity index (χ0n) is 21.3. The van der Waals surface area contributed by atoms with Gasteiger partial charge in [0, 0.05) is 0 Å². The Morgan fingerprint density at radius 2 is 0.966 bits per heavy atom. The second-order valence-corrected chi connectivity index (χ2v) is 8.58. The molecule has 3 heteroatoms. The van der Waals surface area contributed by atoms with E-state index in [9.17, 15) is 5.41 Å². The van der Waals surface area contributed by atoms with Gasteiger partial charge in [0.05, 0.1) is 0 Å². The molecule has 0 radical (unpaired) electrons. The van der Waals surface area contributed by atoms with Crippen molar-refractivity contribution in [3.63, 3.8) is 0 Å². The van der Waals surface area contributed by atoms with Gasteiger partial charge in [-0.25, -0.2) is 0 Å². The summed E-state index contributed by atoms with van der Waals surface area (Å²) in [4.78, 5) is 2.01. The van der Waals surface area contributed by atoms with E-state index in [0.29, 0.717) is 17.9 Å². The Bertz CT molecular complexity index is 474. The predicted octanol–water partition coefficient (Wildman–Crippen LogP) is 7.65. The van der Waals surface area contributed by atoms with Crippen molar-refractivity contribution in [3.05, 3.63) is 63.6 Å². The van der Waals surface area contributed by atoms with Crippen LogP contribution < -0.4 is 0 Å². The third-order valence-corrected chi connectivity index (χ3v) is 6.54. The molecule has 2 rings (SSSR count). The molecule has 1 aromatic carbocycles. The maximum atomic E-state index is 10.2. The van der Waals surface area contributed by atoms with Gasteiger partial charge in [-0.05, 0) is 47.2 Å². The van der Waals surface area contributed by atoms with Crippen LogP contribution in [0.3, 0.4) is 0 Å². The molecular weight excluding hydrogens is 388 g/mol. The standard InChI is InChI=1S/C13H19N2.C10H20.3CH3.Ti/c1-10(2)15(11(3)4)13(14)12-8-6-5-7-9-12;1-6-7(2)9(4)10(5)8(6)3;;;;/h5-11H,1-4H3;6-10H,1-5H3;3*1H3;/q-1;;3*-1;+4. The van der Waals surface area contributed by atoms with Crippen molar-refractivity contribution in [2.75, 3.05) is 0 Å². The van der Waals surface area contributed by atoms with Crippen LogP contribution >= 0.6 is 0 Å². The van der Waals surface area contributed by atoms with Gasteiger partial charge in [0.1, 0.15) is 0 Å². The van der Waals surface area contributed by atoms with Crippen LogP contribution in [-0.2, 0) is 21.7 Å². The molecule has 0 heterocycles. The molecule has 0 saturated heterocycles.